The minimum absolute atomic E-state index is 0.0339. The number of nitrogens with zero attached hydrogens (tertiary/aromatic N) is 1. The third kappa shape index (κ3) is 5.53. The lowest BCUT2D eigenvalue weighted by Crippen LogP contribution is -2.34. The highest BCUT2D eigenvalue weighted by Crippen LogP contribution is 2.26. The standard InChI is InChI=1S/C19H23N3O3/c1-4-25-18-9-8-15(11-17(18)23)12-20-22-19(24)14(3)21-16-7-5-6-13(2)10-16/h5-12,14,21,23H,4H2,1-3H3,(H,22,24)/b20-12-/t14-/m0/s1. The van der Waals surface area contributed by atoms with Gasteiger partial charge in [-0.1, -0.05) is 12.1 Å². The van der Waals surface area contributed by atoms with Gasteiger partial charge in [-0.25, -0.2) is 5.43 Å². The molecule has 2 rings (SSSR count). The minimum atomic E-state index is -0.437. The van der Waals surface area contributed by atoms with Crippen molar-refractivity contribution in [1.29, 1.82) is 0 Å². The number of amides is 1. The van der Waals surface area contributed by atoms with E-state index in [2.05, 4.69) is 15.8 Å². The van der Waals surface area contributed by atoms with Crippen molar-refractivity contribution in [2.24, 2.45) is 5.10 Å². The Balaban J connectivity index is 1.90. The smallest absolute Gasteiger partial charge is 0.262 e. The summed E-state index contributed by atoms with van der Waals surface area (Å²) in [6, 6.07) is 12.3. The van der Waals surface area contributed by atoms with E-state index in [0.29, 0.717) is 17.9 Å². The van der Waals surface area contributed by atoms with Crippen molar-refractivity contribution in [3.63, 3.8) is 0 Å². The lowest BCUT2D eigenvalue weighted by atomic mass is 10.2. The molecular formula is C19H23N3O3. The Morgan fingerprint density at radius 3 is 2.80 bits per heavy atom. The molecule has 0 spiro atoms. The number of hydrazone groups is 1. The Bertz CT molecular complexity index is 759. The quantitative estimate of drug-likeness (QED) is 0.534. The molecule has 0 aliphatic heterocycles. The van der Waals surface area contributed by atoms with Crippen LogP contribution in [0.1, 0.15) is 25.0 Å². The molecule has 25 heavy (non-hydrogen) atoms. The van der Waals surface area contributed by atoms with E-state index in [1.807, 2.05) is 38.1 Å². The van der Waals surface area contributed by atoms with Gasteiger partial charge in [0.15, 0.2) is 11.5 Å². The van der Waals surface area contributed by atoms with Gasteiger partial charge < -0.3 is 15.2 Å². The third-order valence-corrected chi connectivity index (χ3v) is 3.47. The first-order valence-corrected chi connectivity index (χ1v) is 8.11. The molecule has 0 aliphatic rings. The molecule has 2 aromatic rings. The predicted octanol–water partition coefficient (Wildman–Crippen LogP) is 3.05. The summed E-state index contributed by atoms with van der Waals surface area (Å²) < 4.78 is 5.26. The number of carbonyl (C=O) groups is 1. The number of anilines is 1. The molecule has 0 aromatic heterocycles. The van der Waals surface area contributed by atoms with Crippen LogP contribution in [0, 0.1) is 6.92 Å². The number of hydrogen-bond donors (Lipinski definition) is 3. The van der Waals surface area contributed by atoms with E-state index in [4.69, 9.17) is 4.74 Å². The summed E-state index contributed by atoms with van der Waals surface area (Å²) in [5, 5.41) is 16.9. The fraction of sp³-hybridized carbons (Fsp3) is 0.263. The van der Waals surface area contributed by atoms with Crippen LogP contribution >= 0.6 is 0 Å². The monoisotopic (exact) mass is 341 g/mol. The molecule has 0 saturated heterocycles. The summed E-state index contributed by atoms with van der Waals surface area (Å²) in [6.07, 6.45) is 1.47. The highest BCUT2D eigenvalue weighted by Gasteiger charge is 2.11. The Labute approximate surface area is 147 Å². The second kappa shape index (κ2) is 8.73. The number of phenolic OH excluding ortho intramolecular Hbond substituents is 1. The lowest BCUT2D eigenvalue weighted by molar-refractivity contribution is -0.121. The second-order valence-corrected chi connectivity index (χ2v) is 5.63. The summed E-state index contributed by atoms with van der Waals surface area (Å²) in [5.41, 5.74) is 5.13. The highest BCUT2D eigenvalue weighted by molar-refractivity contribution is 5.86. The van der Waals surface area contributed by atoms with E-state index in [1.165, 1.54) is 12.3 Å². The molecule has 1 amide bonds. The summed E-state index contributed by atoms with van der Waals surface area (Å²) >= 11 is 0. The molecule has 132 valence electrons. The lowest BCUT2D eigenvalue weighted by Gasteiger charge is -2.13. The molecule has 6 heteroatoms. The number of rotatable bonds is 7. The molecule has 1 atom stereocenters. The van der Waals surface area contributed by atoms with Crippen LogP contribution in [-0.2, 0) is 4.79 Å². The number of aryl methyl sites for hydroxylation is 1. The van der Waals surface area contributed by atoms with Crippen LogP contribution in [0.25, 0.3) is 0 Å². The molecule has 0 fully saturated rings. The van der Waals surface area contributed by atoms with Crippen molar-refractivity contribution in [1.82, 2.24) is 5.43 Å². The van der Waals surface area contributed by atoms with Crippen molar-refractivity contribution in [3.05, 3.63) is 53.6 Å². The van der Waals surface area contributed by atoms with Crippen molar-refractivity contribution in [3.8, 4) is 11.5 Å². The molecule has 2 aromatic carbocycles. The van der Waals surface area contributed by atoms with E-state index in [-0.39, 0.29) is 11.7 Å². The van der Waals surface area contributed by atoms with E-state index in [0.717, 1.165) is 11.3 Å². The Morgan fingerprint density at radius 2 is 2.12 bits per heavy atom. The van der Waals surface area contributed by atoms with Crippen molar-refractivity contribution < 1.29 is 14.6 Å². The first-order chi connectivity index (χ1) is 12.0. The van der Waals surface area contributed by atoms with Gasteiger partial charge in [0.25, 0.3) is 5.91 Å². The molecular weight excluding hydrogens is 318 g/mol. The SMILES string of the molecule is CCOc1ccc(/C=N\NC(=O)[C@H](C)Nc2cccc(C)c2)cc1O. The van der Waals surface area contributed by atoms with Gasteiger partial charge in [0.1, 0.15) is 6.04 Å². The summed E-state index contributed by atoms with van der Waals surface area (Å²) in [6.45, 7) is 6.07. The molecule has 6 nitrogen and oxygen atoms in total. The van der Waals surface area contributed by atoms with Crippen LogP contribution in [0.5, 0.6) is 11.5 Å². The van der Waals surface area contributed by atoms with Crippen LogP contribution in [0.4, 0.5) is 5.69 Å². The van der Waals surface area contributed by atoms with E-state index in [1.54, 1.807) is 19.1 Å². The van der Waals surface area contributed by atoms with E-state index >= 15 is 0 Å². The average Bonchev–Trinajstić information content (AvgIpc) is 2.57. The van der Waals surface area contributed by atoms with E-state index < -0.39 is 6.04 Å². The van der Waals surface area contributed by atoms with E-state index in [9.17, 15) is 9.90 Å². The van der Waals surface area contributed by atoms with Gasteiger partial charge in [-0.05, 0) is 62.2 Å². The number of ether oxygens (including phenoxy) is 1. The van der Waals surface area contributed by atoms with Crippen LogP contribution in [0.15, 0.2) is 47.6 Å². The topological polar surface area (TPSA) is 83.0 Å². The number of nitrogens with one attached hydrogen (secondary N) is 2. The number of aromatic hydroxyl groups is 1. The summed E-state index contributed by atoms with van der Waals surface area (Å²) in [5.74, 6) is 0.194. The molecule has 0 heterocycles. The largest absolute Gasteiger partial charge is 0.504 e. The van der Waals surface area contributed by atoms with Crippen LogP contribution in [-0.4, -0.2) is 29.9 Å². The highest BCUT2D eigenvalue weighted by atomic mass is 16.5. The normalized spacial score (nSPS) is 12.0. The van der Waals surface area contributed by atoms with Gasteiger partial charge in [0, 0.05) is 5.69 Å². The second-order valence-electron chi connectivity index (χ2n) is 5.63. The third-order valence-electron chi connectivity index (χ3n) is 3.47. The zero-order chi connectivity index (χ0) is 18.2. The molecule has 0 aliphatic carbocycles. The number of carbonyl (C=O) groups excluding carboxylic acids is 1. The summed E-state index contributed by atoms with van der Waals surface area (Å²) in [4.78, 5) is 12.1. The molecule has 3 N–H and O–H groups in total. The van der Waals surface area contributed by atoms with Gasteiger partial charge in [0.05, 0.1) is 12.8 Å². The Kier molecular flexibility index (Phi) is 6.39. The first kappa shape index (κ1) is 18.3. The first-order valence-electron chi connectivity index (χ1n) is 8.11. The molecule has 0 saturated carbocycles. The zero-order valence-corrected chi connectivity index (χ0v) is 14.6. The maximum atomic E-state index is 12.1. The van der Waals surface area contributed by atoms with Crippen LogP contribution in [0.2, 0.25) is 0 Å². The number of hydrogen-bond acceptors (Lipinski definition) is 5. The Morgan fingerprint density at radius 1 is 1.32 bits per heavy atom. The van der Waals surface area contributed by atoms with Gasteiger partial charge in [-0.15, -0.1) is 0 Å². The molecule has 0 bridgehead atoms. The molecule has 0 unspecified atom stereocenters. The van der Waals surface area contributed by atoms with Gasteiger partial charge in [0.2, 0.25) is 0 Å². The Hall–Kier alpha value is -3.02. The van der Waals surface area contributed by atoms with Crippen LogP contribution < -0.4 is 15.5 Å². The predicted molar refractivity (Wildman–Crippen MR) is 99.3 cm³/mol. The summed E-state index contributed by atoms with van der Waals surface area (Å²) in [7, 11) is 0. The number of benzene rings is 2. The number of phenols is 1. The average molecular weight is 341 g/mol. The van der Waals surface area contributed by atoms with Crippen molar-refractivity contribution >= 4 is 17.8 Å². The maximum absolute atomic E-state index is 12.1. The fourth-order valence-corrected chi connectivity index (χ4v) is 2.21. The van der Waals surface area contributed by atoms with Gasteiger partial charge in [-0.2, -0.15) is 5.10 Å². The van der Waals surface area contributed by atoms with Crippen molar-refractivity contribution in [2.45, 2.75) is 26.8 Å². The van der Waals surface area contributed by atoms with Gasteiger partial charge >= 0.3 is 0 Å². The maximum Gasteiger partial charge on any atom is 0.262 e. The molecule has 0 radical (unpaired) electrons. The van der Waals surface area contributed by atoms with Crippen molar-refractivity contribution in [2.75, 3.05) is 11.9 Å². The zero-order valence-electron chi connectivity index (χ0n) is 14.6. The van der Waals surface area contributed by atoms with Gasteiger partial charge in [-0.3, -0.25) is 4.79 Å². The van der Waals surface area contributed by atoms with Crippen LogP contribution in [0.3, 0.4) is 0 Å². The minimum Gasteiger partial charge on any atom is -0.504 e. The fourth-order valence-electron chi connectivity index (χ4n) is 2.21.